The molecule has 2 aliphatic rings. The molecular formula is C12H15NO5S. The summed E-state index contributed by atoms with van der Waals surface area (Å²) in [6.07, 6.45) is 0.777. The molecule has 0 aliphatic carbocycles. The highest BCUT2D eigenvalue weighted by Gasteiger charge is 2.64. The summed E-state index contributed by atoms with van der Waals surface area (Å²) < 4.78 is 5.05. The van der Waals surface area contributed by atoms with Gasteiger partial charge in [0.15, 0.2) is 10.8 Å². The average Bonchev–Trinajstić information content (AvgIpc) is 2.59. The quantitative estimate of drug-likeness (QED) is 0.623. The molecule has 104 valence electrons. The predicted molar refractivity (Wildman–Crippen MR) is 67.7 cm³/mol. The van der Waals surface area contributed by atoms with Crippen LogP contribution < -0.4 is 0 Å². The van der Waals surface area contributed by atoms with E-state index >= 15 is 0 Å². The standard InChI is InChI=1S/C12H15NO5S/c1-4-6-9(15)13-8(10(16)17)11(18-7(14)5-2)19-12(6,13)3/h6H,4-5H2,1-3H3,(H,16,17)/t6-,12+/m0/s1. The third-order valence-electron chi connectivity index (χ3n) is 3.43. The van der Waals surface area contributed by atoms with Gasteiger partial charge in [-0.25, -0.2) is 4.79 Å². The van der Waals surface area contributed by atoms with Crippen LogP contribution >= 0.6 is 11.8 Å². The molecule has 0 aromatic carbocycles. The first-order valence-corrected chi connectivity index (χ1v) is 6.89. The molecule has 0 unspecified atom stereocenters. The summed E-state index contributed by atoms with van der Waals surface area (Å²) in [4.78, 5) is 35.2. The Hall–Kier alpha value is -1.50. The van der Waals surface area contributed by atoms with Gasteiger partial charge in [-0.05, 0) is 13.3 Å². The van der Waals surface area contributed by atoms with E-state index in [4.69, 9.17) is 4.74 Å². The number of carbonyl (C=O) groups is 3. The molecule has 19 heavy (non-hydrogen) atoms. The Morgan fingerprint density at radius 3 is 2.58 bits per heavy atom. The number of hydrogen-bond donors (Lipinski definition) is 1. The third kappa shape index (κ3) is 1.83. The van der Waals surface area contributed by atoms with Gasteiger partial charge < -0.3 is 9.84 Å². The van der Waals surface area contributed by atoms with Crippen molar-refractivity contribution in [3.05, 3.63) is 10.8 Å². The smallest absolute Gasteiger partial charge is 0.357 e. The molecule has 0 bridgehead atoms. The van der Waals surface area contributed by atoms with Crippen LogP contribution in [0.1, 0.15) is 33.6 Å². The maximum absolute atomic E-state index is 12.0. The number of rotatable bonds is 4. The molecule has 0 saturated carbocycles. The first kappa shape index (κ1) is 13.9. The Labute approximate surface area is 114 Å². The first-order valence-electron chi connectivity index (χ1n) is 6.08. The number of ether oxygens (including phenoxy) is 1. The summed E-state index contributed by atoms with van der Waals surface area (Å²) in [5.74, 6) is -2.23. The monoisotopic (exact) mass is 285 g/mol. The molecule has 2 atom stereocenters. The lowest BCUT2D eigenvalue weighted by Gasteiger charge is -2.50. The number of hydrogen-bond acceptors (Lipinski definition) is 5. The molecule has 1 fully saturated rings. The van der Waals surface area contributed by atoms with E-state index in [9.17, 15) is 19.5 Å². The van der Waals surface area contributed by atoms with E-state index in [0.29, 0.717) is 6.42 Å². The highest BCUT2D eigenvalue weighted by atomic mass is 32.2. The van der Waals surface area contributed by atoms with E-state index in [1.54, 1.807) is 13.8 Å². The number of amides is 1. The van der Waals surface area contributed by atoms with E-state index in [2.05, 4.69) is 0 Å². The second-order valence-corrected chi connectivity index (χ2v) is 5.96. The van der Waals surface area contributed by atoms with Gasteiger partial charge >= 0.3 is 11.9 Å². The summed E-state index contributed by atoms with van der Waals surface area (Å²) in [5.41, 5.74) is -0.219. The third-order valence-corrected chi connectivity index (χ3v) is 4.77. The van der Waals surface area contributed by atoms with Crippen molar-refractivity contribution in [1.29, 1.82) is 0 Å². The Bertz CT molecular complexity index is 500. The van der Waals surface area contributed by atoms with Gasteiger partial charge in [0.25, 0.3) is 0 Å². The predicted octanol–water partition coefficient (Wildman–Crippen LogP) is 1.52. The molecule has 2 rings (SSSR count). The number of carboxylic acids is 1. The molecule has 1 N–H and O–H groups in total. The minimum Gasteiger partial charge on any atom is -0.476 e. The molecule has 7 heteroatoms. The van der Waals surface area contributed by atoms with Crippen LogP contribution in [0.15, 0.2) is 10.8 Å². The minimum absolute atomic E-state index is 0.0196. The van der Waals surface area contributed by atoms with Crippen molar-refractivity contribution in [2.24, 2.45) is 5.92 Å². The fourth-order valence-corrected chi connectivity index (χ4v) is 3.92. The molecule has 2 heterocycles. The van der Waals surface area contributed by atoms with E-state index in [1.807, 2.05) is 6.92 Å². The highest BCUT2D eigenvalue weighted by Crippen LogP contribution is 2.58. The van der Waals surface area contributed by atoms with Crippen LogP contribution in [-0.4, -0.2) is 32.7 Å². The van der Waals surface area contributed by atoms with Gasteiger partial charge in [-0.2, -0.15) is 0 Å². The summed E-state index contributed by atoms with van der Waals surface area (Å²) in [7, 11) is 0. The van der Waals surface area contributed by atoms with Gasteiger partial charge in [0.2, 0.25) is 5.91 Å². The van der Waals surface area contributed by atoms with E-state index in [1.165, 1.54) is 4.90 Å². The van der Waals surface area contributed by atoms with Gasteiger partial charge in [-0.3, -0.25) is 14.5 Å². The maximum Gasteiger partial charge on any atom is 0.357 e. The largest absolute Gasteiger partial charge is 0.476 e. The molecular weight excluding hydrogens is 270 g/mol. The van der Waals surface area contributed by atoms with Crippen LogP contribution in [-0.2, 0) is 19.1 Å². The van der Waals surface area contributed by atoms with Crippen molar-refractivity contribution < 1.29 is 24.2 Å². The number of carboxylic acid groups (broad SMARTS) is 1. The van der Waals surface area contributed by atoms with Gasteiger partial charge in [0.05, 0.1) is 5.92 Å². The van der Waals surface area contributed by atoms with Crippen LogP contribution in [0.3, 0.4) is 0 Å². The van der Waals surface area contributed by atoms with E-state index in [-0.39, 0.29) is 29.0 Å². The van der Waals surface area contributed by atoms with Gasteiger partial charge in [0.1, 0.15) is 4.87 Å². The van der Waals surface area contributed by atoms with Gasteiger partial charge in [-0.15, -0.1) is 0 Å². The lowest BCUT2D eigenvalue weighted by Crippen LogP contribution is -2.65. The molecule has 6 nitrogen and oxygen atoms in total. The summed E-state index contributed by atoms with van der Waals surface area (Å²) in [6, 6.07) is 0. The molecule has 2 aliphatic heterocycles. The normalized spacial score (nSPS) is 29.1. The number of fused-ring (bicyclic) bond motifs is 1. The zero-order valence-electron chi connectivity index (χ0n) is 10.9. The summed E-state index contributed by atoms with van der Waals surface area (Å²) in [5, 5.41) is 9.25. The topological polar surface area (TPSA) is 83.9 Å². The molecule has 1 amide bonds. The Balaban J connectivity index is 2.35. The van der Waals surface area contributed by atoms with Crippen molar-refractivity contribution in [2.75, 3.05) is 0 Å². The van der Waals surface area contributed by atoms with Crippen LogP contribution in [0.25, 0.3) is 0 Å². The van der Waals surface area contributed by atoms with Crippen LogP contribution in [0, 0.1) is 5.92 Å². The first-order chi connectivity index (χ1) is 8.86. The Morgan fingerprint density at radius 1 is 1.47 bits per heavy atom. The second kappa shape index (κ2) is 4.56. The Kier molecular flexibility index (Phi) is 3.34. The number of nitrogens with zero attached hydrogens (tertiary/aromatic N) is 1. The van der Waals surface area contributed by atoms with Gasteiger partial charge in [0, 0.05) is 6.42 Å². The van der Waals surface area contributed by atoms with E-state index < -0.39 is 16.8 Å². The fraction of sp³-hybridized carbons (Fsp3) is 0.583. The van der Waals surface area contributed by atoms with Crippen LogP contribution in [0.2, 0.25) is 0 Å². The molecule has 0 spiro atoms. The number of carbonyl (C=O) groups excluding carboxylic acids is 2. The number of thioether (sulfide) groups is 1. The number of esters is 1. The zero-order valence-corrected chi connectivity index (χ0v) is 11.7. The average molecular weight is 285 g/mol. The summed E-state index contributed by atoms with van der Waals surface area (Å²) in [6.45, 7) is 5.30. The number of β-lactam (4-membered cyclic amide) rings is 1. The summed E-state index contributed by atoms with van der Waals surface area (Å²) >= 11 is 1.14. The zero-order chi connectivity index (χ0) is 14.4. The molecule has 0 aromatic rings. The maximum atomic E-state index is 12.0. The van der Waals surface area contributed by atoms with Crippen molar-refractivity contribution in [3.8, 4) is 0 Å². The van der Waals surface area contributed by atoms with Crippen LogP contribution in [0.5, 0.6) is 0 Å². The lowest BCUT2D eigenvalue weighted by molar-refractivity contribution is -0.158. The lowest BCUT2D eigenvalue weighted by atomic mass is 9.85. The van der Waals surface area contributed by atoms with Gasteiger partial charge in [-0.1, -0.05) is 25.6 Å². The van der Waals surface area contributed by atoms with Crippen molar-refractivity contribution in [2.45, 2.75) is 38.5 Å². The highest BCUT2D eigenvalue weighted by molar-refractivity contribution is 8.04. The van der Waals surface area contributed by atoms with E-state index in [0.717, 1.165) is 11.8 Å². The molecule has 1 saturated heterocycles. The molecule has 0 radical (unpaired) electrons. The van der Waals surface area contributed by atoms with Crippen molar-refractivity contribution in [1.82, 2.24) is 4.90 Å². The Morgan fingerprint density at radius 2 is 2.11 bits per heavy atom. The van der Waals surface area contributed by atoms with Crippen molar-refractivity contribution >= 4 is 29.6 Å². The van der Waals surface area contributed by atoms with Crippen LogP contribution in [0.4, 0.5) is 0 Å². The fourth-order valence-electron chi connectivity index (χ4n) is 2.45. The SMILES string of the molecule is CCC(=O)OC1=C(C(=O)O)N2C(=O)[C@H](CC)[C@@]2(C)S1. The van der Waals surface area contributed by atoms with Crippen molar-refractivity contribution in [3.63, 3.8) is 0 Å². The minimum atomic E-state index is -1.25. The second-order valence-electron chi connectivity index (χ2n) is 4.56. The molecule has 0 aromatic heterocycles. The number of aliphatic carboxylic acids is 1.